The van der Waals surface area contributed by atoms with Gasteiger partial charge in [-0.05, 0) is 53.2 Å². The minimum absolute atomic E-state index is 0.136. The highest BCUT2D eigenvalue weighted by atomic mass is 32.2. The van der Waals surface area contributed by atoms with Crippen LogP contribution in [0, 0.1) is 17.0 Å². The summed E-state index contributed by atoms with van der Waals surface area (Å²) >= 11 is -1.55. The molecule has 1 aliphatic heterocycles. The molecule has 2 heterocycles. The molecule has 192 valence electrons. The Hall–Kier alpha value is -2.88. The van der Waals surface area contributed by atoms with Gasteiger partial charge in [-0.2, -0.15) is 0 Å². The molecule has 1 aliphatic rings. The quantitative estimate of drug-likeness (QED) is 0.213. The van der Waals surface area contributed by atoms with Crippen molar-refractivity contribution in [3.63, 3.8) is 0 Å². The highest BCUT2D eigenvalue weighted by Crippen LogP contribution is 2.43. The average Bonchev–Trinajstić information content (AvgIpc) is 3.14. The second-order valence-corrected chi connectivity index (χ2v) is 12.3. The largest absolute Gasteiger partial charge is 0.598 e. The number of esters is 1. The van der Waals surface area contributed by atoms with Crippen LogP contribution in [0.4, 0.5) is 0 Å². The molecule has 3 atom stereocenters. The van der Waals surface area contributed by atoms with Crippen LogP contribution < -0.4 is 4.72 Å². The number of nitrogens with zero attached hydrogens (tertiary/aromatic N) is 2. The third kappa shape index (κ3) is 4.63. The zero-order valence-electron chi connectivity index (χ0n) is 21.4. The van der Waals surface area contributed by atoms with Crippen molar-refractivity contribution < 1.29 is 19.0 Å². The first-order valence-electron chi connectivity index (χ1n) is 12.2. The van der Waals surface area contributed by atoms with Gasteiger partial charge in [-0.1, -0.05) is 42.0 Å². The van der Waals surface area contributed by atoms with Crippen molar-refractivity contribution in [2.75, 3.05) is 6.61 Å². The minimum Gasteiger partial charge on any atom is -0.598 e. The topological polar surface area (TPSA) is 109 Å². The van der Waals surface area contributed by atoms with E-state index in [0.29, 0.717) is 17.5 Å². The van der Waals surface area contributed by atoms with Crippen molar-refractivity contribution in [1.29, 1.82) is 0 Å². The summed E-state index contributed by atoms with van der Waals surface area (Å²) in [6, 6.07) is 14.0. The van der Waals surface area contributed by atoms with E-state index in [0.717, 1.165) is 22.2 Å². The zero-order valence-corrected chi connectivity index (χ0v) is 22.2. The van der Waals surface area contributed by atoms with Gasteiger partial charge in [-0.3, -0.25) is 10.1 Å². The van der Waals surface area contributed by atoms with Gasteiger partial charge in [-0.15, -0.1) is 4.72 Å². The van der Waals surface area contributed by atoms with E-state index >= 15 is 0 Å². The molecule has 0 bridgehead atoms. The molecular formula is C27H33N3O5S. The standard InChI is InChI=1S/C27H33N3O5S/c1-6-35-25(31)24(28-36(34)26(3,4)5)23-20-16-18(2)12-13-21(20)29-17-27(30(32)33,15-14-22(23)29)19-10-8-7-9-11-19/h7-13,16,24,28H,6,14-15,17H2,1-5H3/t24?,27-,36?/m1/s1. The molecule has 9 heteroatoms. The van der Waals surface area contributed by atoms with E-state index in [-0.39, 0.29) is 24.5 Å². The number of carbonyl (C=O) groups excluding carboxylic acids is 1. The van der Waals surface area contributed by atoms with Crippen molar-refractivity contribution in [3.05, 3.63) is 81.0 Å². The molecule has 36 heavy (non-hydrogen) atoms. The van der Waals surface area contributed by atoms with Gasteiger partial charge >= 0.3 is 5.97 Å². The summed E-state index contributed by atoms with van der Waals surface area (Å²) in [5, 5.41) is 13.3. The monoisotopic (exact) mass is 511 g/mol. The molecule has 0 radical (unpaired) electrons. The van der Waals surface area contributed by atoms with Crippen LogP contribution in [0.5, 0.6) is 0 Å². The third-order valence-electron chi connectivity index (χ3n) is 6.82. The first kappa shape index (κ1) is 26.2. The highest BCUT2D eigenvalue weighted by molar-refractivity contribution is 7.90. The van der Waals surface area contributed by atoms with Gasteiger partial charge in [0.25, 0.3) is 5.54 Å². The molecule has 4 rings (SSSR count). The maximum absolute atomic E-state index is 13.2. The van der Waals surface area contributed by atoms with Gasteiger partial charge in [0.1, 0.15) is 4.75 Å². The molecule has 3 aromatic rings. The summed E-state index contributed by atoms with van der Waals surface area (Å²) < 4.78 is 22.9. The number of hydrogen-bond donors (Lipinski definition) is 1. The Balaban J connectivity index is 1.93. The zero-order chi connectivity index (χ0) is 26.3. The second-order valence-electron chi connectivity index (χ2n) is 10.3. The van der Waals surface area contributed by atoms with Crippen molar-refractivity contribution >= 4 is 28.2 Å². The van der Waals surface area contributed by atoms with Gasteiger partial charge in [0.05, 0.1) is 13.2 Å². The number of nitrogens with one attached hydrogen (secondary N) is 1. The lowest BCUT2D eigenvalue weighted by Gasteiger charge is -2.33. The Bertz CT molecular complexity index is 1280. The fourth-order valence-electron chi connectivity index (χ4n) is 4.96. The van der Waals surface area contributed by atoms with Crippen molar-refractivity contribution in [3.8, 4) is 0 Å². The summed E-state index contributed by atoms with van der Waals surface area (Å²) in [5.74, 6) is -0.513. The number of aromatic nitrogens is 1. The lowest BCUT2D eigenvalue weighted by Crippen LogP contribution is -2.45. The van der Waals surface area contributed by atoms with Crippen LogP contribution in [0.1, 0.15) is 62.5 Å². The van der Waals surface area contributed by atoms with Crippen LogP contribution in [-0.2, 0) is 39.4 Å². The third-order valence-corrected chi connectivity index (χ3v) is 8.38. The Morgan fingerprint density at radius 2 is 1.94 bits per heavy atom. The molecule has 0 saturated heterocycles. The normalized spacial score (nSPS) is 19.5. The van der Waals surface area contributed by atoms with E-state index in [1.54, 1.807) is 19.1 Å². The fourth-order valence-corrected chi connectivity index (χ4v) is 5.74. The molecule has 2 unspecified atom stereocenters. The lowest BCUT2D eigenvalue weighted by molar-refractivity contribution is -0.585. The Morgan fingerprint density at radius 3 is 2.56 bits per heavy atom. The van der Waals surface area contributed by atoms with Crippen LogP contribution in [0.2, 0.25) is 0 Å². The number of aryl methyl sites for hydroxylation is 1. The number of nitro groups is 1. The van der Waals surface area contributed by atoms with Crippen molar-refractivity contribution in [2.45, 2.75) is 70.3 Å². The molecule has 0 fully saturated rings. The molecule has 0 saturated carbocycles. The molecular weight excluding hydrogens is 478 g/mol. The summed E-state index contributed by atoms with van der Waals surface area (Å²) in [7, 11) is 0. The van der Waals surface area contributed by atoms with Crippen LogP contribution >= 0.6 is 0 Å². The van der Waals surface area contributed by atoms with Crippen LogP contribution in [0.3, 0.4) is 0 Å². The van der Waals surface area contributed by atoms with Gasteiger partial charge in [0, 0.05) is 50.4 Å². The Kier molecular flexibility index (Phi) is 7.19. The van der Waals surface area contributed by atoms with Crippen molar-refractivity contribution in [2.24, 2.45) is 0 Å². The maximum atomic E-state index is 13.2. The van der Waals surface area contributed by atoms with Gasteiger partial charge in [-0.25, -0.2) is 4.79 Å². The molecule has 0 amide bonds. The molecule has 8 nitrogen and oxygen atoms in total. The summed E-state index contributed by atoms with van der Waals surface area (Å²) in [6.45, 7) is 9.52. The van der Waals surface area contributed by atoms with E-state index < -0.39 is 33.7 Å². The van der Waals surface area contributed by atoms with Crippen LogP contribution in [0.25, 0.3) is 10.9 Å². The van der Waals surface area contributed by atoms with Gasteiger partial charge in [0.2, 0.25) is 0 Å². The minimum atomic E-state index is -1.55. The number of fused-ring (bicyclic) bond motifs is 3. The number of benzene rings is 2. The average molecular weight is 512 g/mol. The van der Waals surface area contributed by atoms with Gasteiger partial charge < -0.3 is 13.9 Å². The Morgan fingerprint density at radius 1 is 1.25 bits per heavy atom. The van der Waals surface area contributed by atoms with E-state index in [9.17, 15) is 19.5 Å². The molecule has 1 N–H and O–H groups in total. The fraction of sp³-hybridized carbons (Fsp3) is 0.444. The summed E-state index contributed by atoms with van der Waals surface area (Å²) in [6.07, 6.45) is 0.670. The number of rotatable bonds is 7. The molecule has 1 aromatic heterocycles. The van der Waals surface area contributed by atoms with Crippen molar-refractivity contribution in [1.82, 2.24) is 9.29 Å². The smallest absolute Gasteiger partial charge is 0.332 e. The summed E-state index contributed by atoms with van der Waals surface area (Å²) in [5.41, 5.74) is 2.70. The Labute approximate surface area is 214 Å². The highest BCUT2D eigenvalue weighted by Gasteiger charge is 2.49. The maximum Gasteiger partial charge on any atom is 0.332 e. The van der Waals surface area contributed by atoms with E-state index in [1.807, 2.05) is 68.7 Å². The van der Waals surface area contributed by atoms with E-state index in [2.05, 4.69) is 4.72 Å². The van der Waals surface area contributed by atoms with Crippen LogP contribution in [-0.4, -0.2) is 31.4 Å². The number of ether oxygens (including phenoxy) is 1. The molecule has 0 aliphatic carbocycles. The van der Waals surface area contributed by atoms with Crippen LogP contribution in [0.15, 0.2) is 48.5 Å². The predicted octanol–water partition coefficient (Wildman–Crippen LogP) is 4.72. The molecule has 2 aromatic carbocycles. The van der Waals surface area contributed by atoms with E-state index in [4.69, 9.17) is 4.74 Å². The first-order chi connectivity index (χ1) is 17.0. The predicted molar refractivity (Wildman–Crippen MR) is 141 cm³/mol. The first-order valence-corrected chi connectivity index (χ1v) is 13.3. The summed E-state index contributed by atoms with van der Waals surface area (Å²) in [4.78, 5) is 25.6. The van der Waals surface area contributed by atoms with Gasteiger partial charge in [0.15, 0.2) is 6.04 Å². The number of carbonyl (C=O) groups is 1. The van der Waals surface area contributed by atoms with E-state index in [1.165, 1.54) is 0 Å². The second kappa shape index (κ2) is 9.88. The lowest BCUT2D eigenvalue weighted by atomic mass is 9.82. The molecule has 0 spiro atoms. The number of hydrogen-bond acceptors (Lipinski definition) is 6. The SMILES string of the molecule is CCOC(=O)C(N[S+]([O-])C(C)(C)C)c1c2n(c3ccc(C)cc13)C[C@](c1ccccc1)([N+](=O)[O-])CC2.